The molecule has 0 radical (unpaired) electrons. The highest BCUT2D eigenvalue weighted by Gasteiger charge is 2.28. The van der Waals surface area contributed by atoms with E-state index in [4.69, 9.17) is 4.74 Å². The number of hydrogen-bond acceptors (Lipinski definition) is 3. The smallest absolute Gasteiger partial charge is 0.124 e. The molecule has 1 aromatic carbocycles. The summed E-state index contributed by atoms with van der Waals surface area (Å²) >= 11 is 0. The molecule has 1 saturated heterocycles. The number of nitriles is 1. The molecule has 102 valence electrons. The Balaban J connectivity index is 2.25. The zero-order valence-corrected chi connectivity index (χ0v) is 11.8. The van der Waals surface area contributed by atoms with E-state index in [9.17, 15) is 5.26 Å². The lowest BCUT2D eigenvalue weighted by Gasteiger charge is -2.38. The van der Waals surface area contributed by atoms with Gasteiger partial charge in [-0.2, -0.15) is 5.26 Å². The number of likely N-dealkylation sites (tertiary alicyclic amines) is 1. The highest BCUT2D eigenvalue weighted by molar-refractivity contribution is 5.33. The van der Waals surface area contributed by atoms with Gasteiger partial charge in [0, 0.05) is 12.6 Å². The third-order valence-corrected chi connectivity index (χ3v) is 4.01. The van der Waals surface area contributed by atoms with Crippen LogP contribution in [0.15, 0.2) is 24.3 Å². The first-order chi connectivity index (χ1) is 9.30. The number of hydrogen-bond donors (Lipinski definition) is 0. The summed E-state index contributed by atoms with van der Waals surface area (Å²) in [7, 11) is 1.66. The lowest BCUT2D eigenvalue weighted by atomic mass is 9.95. The fraction of sp³-hybridized carbons (Fsp3) is 0.562. The van der Waals surface area contributed by atoms with Gasteiger partial charge in [0.25, 0.3) is 0 Å². The zero-order chi connectivity index (χ0) is 13.7. The predicted molar refractivity (Wildman–Crippen MR) is 76.0 cm³/mol. The van der Waals surface area contributed by atoms with E-state index < -0.39 is 0 Å². The summed E-state index contributed by atoms with van der Waals surface area (Å²) in [5.41, 5.74) is 1.04. The molecule has 2 atom stereocenters. The van der Waals surface area contributed by atoms with Crippen LogP contribution in [-0.4, -0.2) is 24.6 Å². The minimum Gasteiger partial charge on any atom is -0.497 e. The van der Waals surface area contributed by atoms with Crippen molar-refractivity contribution in [2.75, 3.05) is 13.7 Å². The first kappa shape index (κ1) is 13.9. The number of ether oxygens (including phenoxy) is 1. The van der Waals surface area contributed by atoms with E-state index >= 15 is 0 Å². The molecule has 1 fully saturated rings. The van der Waals surface area contributed by atoms with Crippen LogP contribution in [0.5, 0.6) is 5.75 Å². The number of nitrogens with zero attached hydrogens (tertiary/aromatic N) is 2. The molecule has 1 aromatic rings. The van der Waals surface area contributed by atoms with Gasteiger partial charge in [-0.15, -0.1) is 0 Å². The normalized spacial score (nSPS) is 21.6. The molecule has 2 unspecified atom stereocenters. The topological polar surface area (TPSA) is 36.3 Å². The molecule has 0 N–H and O–H groups in total. The lowest BCUT2D eigenvalue weighted by molar-refractivity contribution is 0.116. The molecule has 1 heterocycles. The summed E-state index contributed by atoms with van der Waals surface area (Å²) in [6.45, 7) is 3.23. The summed E-state index contributed by atoms with van der Waals surface area (Å²) in [6, 6.07) is 10.7. The van der Waals surface area contributed by atoms with Crippen LogP contribution in [0.25, 0.3) is 0 Å². The Morgan fingerprint density at radius 3 is 3.00 bits per heavy atom. The summed E-state index contributed by atoms with van der Waals surface area (Å²) in [5.74, 6) is 0.822. The van der Waals surface area contributed by atoms with Gasteiger partial charge in [-0.3, -0.25) is 4.90 Å². The second-order valence-electron chi connectivity index (χ2n) is 5.10. The van der Waals surface area contributed by atoms with Crippen molar-refractivity contribution in [2.24, 2.45) is 0 Å². The molecule has 19 heavy (non-hydrogen) atoms. The fourth-order valence-corrected chi connectivity index (χ4v) is 2.95. The summed E-state index contributed by atoms with van der Waals surface area (Å²) in [4.78, 5) is 2.36. The van der Waals surface area contributed by atoms with Crippen molar-refractivity contribution in [1.29, 1.82) is 5.26 Å². The quantitative estimate of drug-likeness (QED) is 0.829. The van der Waals surface area contributed by atoms with Crippen LogP contribution in [0, 0.1) is 11.3 Å². The average molecular weight is 258 g/mol. The molecule has 0 aromatic heterocycles. The second-order valence-corrected chi connectivity index (χ2v) is 5.10. The van der Waals surface area contributed by atoms with E-state index in [0.29, 0.717) is 6.04 Å². The highest BCUT2D eigenvalue weighted by atomic mass is 16.5. The van der Waals surface area contributed by atoms with Crippen molar-refractivity contribution < 1.29 is 4.74 Å². The van der Waals surface area contributed by atoms with E-state index in [1.165, 1.54) is 19.3 Å². The van der Waals surface area contributed by atoms with Crippen LogP contribution in [0.3, 0.4) is 0 Å². The molecule has 1 aliphatic rings. The summed E-state index contributed by atoms with van der Waals surface area (Å²) < 4.78 is 5.26. The van der Waals surface area contributed by atoms with Crippen LogP contribution in [0.1, 0.15) is 44.2 Å². The molecule has 2 rings (SSSR count). The Morgan fingerprint density at radius 2 is 2.32 bits per heavy atom. The molecular formula is C16H22N2O. The largest absolute Gasteiger partial charge is 0.497 e. The van der Waals surface area contributed by atoms with Crippen molar-refractivity contribution in [2.45, 2.75) is 44.7 Å². The van der Waals surface area contributed by atoms with Gasteiger partial charge < -0.3 is 4.74 Å². The van der Waals surface area contributed by atoms with Crippen molar-refractivity contribution >= 4 is 0 Å². The fourth-order valence-electron chi connectivity index (χ4n) is 2.95. The molecule has 0 saturated carbocycles. The minimum absolute atomic E-state index is 0.152. The number of benzene rings is 1. The molecule has 3 nitrogen and oxygen atoms in total. The zero-order valence-electron chi connectivity index (χ0n) is 11.8. The highest BCUT2D eigenvalue weighted by Crippen LogP contribution is 2.30. The van der Waals surface area contributed by atoms with Crippen molar-refractivity contribution in [3.63, 3.8) is 0 Å². The molecule has 0 aliphatic carbocycles. The van der Waals surface area contributed by atoms with Crippen LogP contribution >= 0.6 is 0 Å². The molecular weight excluding hydrogens is 236 g/mol. The van der Waals surface area contributed by atoms with Gasteiger partial charge in [0.05, 0.1) is 13.2 Å². The van der Waals surface area contributed by atoms with E-state index in [1.807, 2.05) is 24.3 Å². The third kappa shape index (κ3) is 3.08. The van der Waals surface area contributed by atoms with Crippen LogP contribution in [0.2, 0.25) is 0 Å². The molecule has 0 bridgehead atoms. The molecule has 1 aliphatic heterocycles. The maximum atomic E-state index is 9.58. The van der Waals surface area contributed by atoms with Gasteiger partial charge in [-0.1, -0.05) is 25.5 Å². The maximum Gasteiger partial charge on any atom is 0.124 e. The number of piperidine rings is 1. The lowest BCUT2D eigenvalue weighted by Crippen LogP contribution is -2.41. The van der Waals surface area contributed by atoms with Gasteiger partial charge in [-0.25, -0.2) is 0 Å². The Labute approximate surface area is 115 Å². The SMILES string of the molecule is CCC1CCCCN1C(C#N)c1cccc(OC)c1. The van der Waals surface area contributed by atoms with E-state index in [1.54, 1.807) is 7.11 Å². The van der Waals surface area contributed by atoms with Gasteiger partial charge in [0.15, 0.2) is 0 Å². The molecule has 0 spiro atoms. The molecule has 3 heteroatoms. The average Bonchev–Trinajstić information content (AvgIpc) is 2.49. The number of rotatable bonds is 4. The number of methoxy groups -OCH3 is 1. The van der Waals surface area contributed by atoms with Crippen molar-refractivity contribution in [1.82, 2.24) is 4.90 Å². The monoisotopic (exact) mass is 258 g/mol. The van der Waals surface area contributed by atoms with E-state index in [-0.39, 0.29) is 6.04 Å². The minimum atomic E-state index is -0.152. The Hall–Kier alpha value is -1.53. The predicted octanol–water partition coefficient (Wildman–Crippen LogP) is 3.52. The Kier molecular flexibility index (Phi) is 4.81. The summed E-state index contributed by atoms with van der Waals surface area (Å²) in [5, 5.41) is 9.58. The standard InChI is InChI=1S/C16H22N2O/c1-3-14-8-4-5-10-18(14)16(12-17)13-7-6-9-15(11-13)19-2/h6-7,9,11,14,16H,3-5,8,10H2,1-2H3. The van der Waals surface area contributed by atoms with Crippen molar-refractivity contribution in [3.05, 3.63) is 29.8 Å². The van der Waals surface area contributed by atoms with Crippen LogP contribution in [-0.2, 0) is 0 Å². The van der Waals surface area contributed by atoms with Crippen LogP contribution < -0.4 is 4.74 Å². The summed E-state index contributed by atoms with van der Waals surface area (Å²) in [6.07, 6.45) is 4.80. The Morgan fingerprint density at radius 1 is 1.47 bits per heavy atom. The first-order valence-electron chi connectivity index (χ1n) is 7.09. The van der Waals surface area contributed by atoms with Gasteiger partial charge in [0.2, 0.25) is 0 Å². The third-order valence-electron chi connectivity index (χ3n) is 4.01. The van der Waals surface area contributed by atoms with Gasteiger partial charge in [-0.05, 0) is 37.0 Å². The Bertz CT molecular complexity index is 452. The van der Waals surface area contributed by atoms with E-state index in [0.717, 1.165) is 24.3 Å². The van der Waals surface area contributed by atoms with Gasteiger partial charge in [0.1, 0.15) is 11.8 Å². The molecule has 0 amide bonds. The van der Waals surface area contributed by atoms with Gasteiger partial charge >= 0.3 is 0 Å². The van der Waals surface area contributed by atoms with E-state index in [2.05, 4.69) is 17.9 Å². The maximum absolute atomic E-state index is 9.58. The van der Waals surface area contributed by atoms with Crippen molar-refractivity contribution in [3.8, 4) is 11.8 Å². The second kappa shape index (κ2) is 6.58. The van der Waals surface area contributed by atoms with Crippen LogP contribution in [0.4, 0.5) is 0 Å². The first-order valence-corrected chi connectivity index (χ1v) is 7.09.